The van der Waals surface area contributed by atoms with Crippen molar-refractivity contribution < 1.29 is 4.42 Å². The van der Waals surface area contributed by atoms with Crippen molar-refractivity contribution >= 4 is 11.8 Å². The van der Waals surface area contributed by atoms with E-state index in [1.165, 1.54) is 11.8 Å². The van der Waals surface area contributed by atoms with Crippen molar-refractivity contribution in [2.75, 3.05) is 13.6 Å². The lowest BCUT2D eigenvalue weighted by Crippen LogP contribution is -2.19. The zero-order valence-corrected chi connectivity index (χ0v) is 15.0. The summed E-state index contributed by atoms with van der Waals surface area (Å²) in [5.74, 6) is 2.09. The average molecular weight is 346 g/mol. The molecule has 3 aromatic heterocycles. The number of aromatic nitrogens is 5. The van der Waals surface area contributed by atoms with Gasteiger partial charge in [-0.2, -0.15) is 0 Å². The zero-order chi connectivity index (χ0) is 16.9. The Bertz CT molecular complexity index is 777. The van der Waals surface area contributed by atoms with E-state index in [-0.39, 0.29) is 0 Å². The van der Waals surface area contributed by atoms with Gasteiger partial charge in [0.1, 0.15) is 17.9 Å². The van der Waals surface area contributed by atoms with Crippen LogP contribution in [0.1, 0.15) is 18.0 Å². The Morgan fingerprint density at radius 1 is 1.25 bits per heavy atom. The number of imidazole rings is 1. The maximum Gasteiger partial charge on any atom is 0.198 e. The number of furan rings is 1. The van der Waals surface area contributed by atoms with Gasteiger partial charge in [-0.25, -0.2) is 4.98 Å². The quantitative estimate of drug-likeness (QED) is 0.624. The smallest absolute Gasteiger partial charge is 0.198 e. The van der Waals surface area contributed by atoms with Gasteiger partial charge >= 0.3 is 0 Å². The van der Waals surface area contributed by atoms with Gasteiger partial charge in [-0.3, -0.25) is 4.90 Å². The van der Waals surface area contributed by atoms with Gasteiger partial charge in [0.15, 0.2) is 10.2 Å². The molecule has 3 heterocycles. The lowest BCUT2D eigenvalue weighted by atomic mass is 10.2. The molecule has 24 heavy (non-hydrogen) atoms. The van der Waals surface area contributed by atoms with E-state index in [1.807, 2.05) is 43.2 Å². The molecule has 8 heteroatoms. The van der Waals surface area contributed by atoms with E-state index in [0.29, 0.717) is 0 Å². The summed E-state index contributed by atoms with van der Waals surface area (Å²) in [6.07, 6.45) is 7.57. The summed E-state index contributed by atoms with van der Waals surface area (Å²) in [7, 11) is 6.06. The Morgan fingerprint density at radius 2 is 2.12 bits per heavy atom. The second-order valence-electron chi connectivity index (χ2n) is 5.84. The highest BCUT2D eigenvalue weighted by Gasteiger charge is 2.10. The molecule has 0 saturated carbocycles. The van der Waals surface area contributed by atoms with Crippen molar-refractivity contribution in [1.29, 1.82) is 0 Å². The molecular weight excluding hydrogens is 324 g/mol. The second kappa shape index (κ2) is 7.67. The van der Waals surface area contributed by atoms with E-state index in [0.717, 1.165) is 47.8 Å². The Hall–Kier alpha value is -2.06. The molecule has 0 radical (unpaired) electrons. The van der Waals surface area contributed by atoms with E-state index in [9.17, 15) is 0 Å². The van der Waals surface area contributed by atoms with Crippen molar-refractivity contribution in [3.05, 3.63) is 42.4 Å². The van der Waals surface area contributed by atoms with Gasteiger partial charge in [0.25, 0.3) is 0 Å². The highest BCUT2D eigenvalue weighted by molar-refractivity contribution is 7.99. The van der Waals surface area contributed by atoms with Gasteiger partial charge in [0.05, 0.1) is 6.54 Å². The predicted octanol–water partition coefficient (Wildman–Crippen LogP) is 2.36. The third kappa shape index (κ3) is 4.27. The molecule has 3 aromatic rings. The van der Waals surface area contributed by atoms with Gasteiger partial charge in [-0.15, -0.1) is 10.2 Å². The van der Waals surface area contributed by atoms with E-state index in [2.05, 4.69) is 31.7 Å². The first-order chi connectivity index (χ1) is 11.6. The number of nitrogens with zero attached hydrogens (tertiary/aromatic N) is 6. The van der Waals surface area contributed by atoms with Crippen molar-refractivity contribution in [1.82, 2.24) is 29.2 Å². The standard InChI is InChI=1S/C16H22N6OS/c1-20(9-4-5-14-17-8-10-21(14)2)11-13-6-7-15(23-13)24-16-19-18-12-22(16)3/h6-8,10,12H,4-5,9,11H2,1-3H3. The van der Waals surface area contributed by atoms with Crippen LogP contribution in [0.2, 0.25) is 0 Å². The molecule has 0 fully saturated rings. The second-order valence-corrected chi connectivity index (χ2v) is 6.81. The summed E-state index contributed by atoms with van der Waals surface area (Å²) in [5.41, 5.74) is 0. The largest absolute Gasteiger partial charge is 0.453 e. The molecule has 0 aliphatic carbocycles. The Labute approximate surface area is 145 Å². The monoisotopic (exact) mass is 346 g/mol. The average Bonchev–Trinajstić information content (AvgIpc) is 3.25. The molecule has 0 aliphatic heterocycles. The van der Waals surface area contributed by atoms with Crippen molar-refractivity contribution in [2.24, 2.45) is 14.1 Å². The lowest BCUT2D eigenvalue weighted by Gasteiger charge is -2.14. The lowest BCUT2D eigenvalue weighted by molar-refractivity contribution is 0.280. The van der Waals surface area contributed by atoms with Crippen LogP contribution in [-0.2, 0) is 27.1 Å². The number of rotatable bonds is 8. The molecule has 0 amide bonds. The maximum atomic E-state index is 5.88. The number of hydrogen-bond acceptors (Lipinski definition) is 6. The molecule has 7 nitrogen and oxygen atoms in total. The molecule has 0 N–H and O–H groups in total. The van der Waals surface area contributed by atoms with Gasteiger partial charge in [0, 0.05) is 32.9 Å². The topological polar surface area (TPSA) is 64.9 Å². The van der Waals surface area contributed by atoms with Crippen molar-refractivity contribution in [2.45, 2.75) is 29.6 Å². The van der Waals surface area contributed by atoms with Gasteiger partial charge in [-0.1, -0.05) is 0 Å². The molecule has 0 aliphatic rings. The third-order valence-corrected chi connectivity index (χ3v) is 4.76. The summed E-state index contributed by atoms with van der Waals surface area (Å²) < 4.78 is 9.82. The van der Waals surface area contributed by atoms with Crippen molar-refractivity contribution in [3.63, 3.8) is 0 Å². The summed E-state index contributed by atoms with van der Waals surface area (Å²) >= 11 is 1.48. The molecule has 0 unspecified atom stereocenters. The SMILES string of the molecule is CN(CCCc1nccn1C)Cc1ccc(Sc2nncn2C)o1. The number of hydrogen-bond donors (Lipinski definition) is 0. The molecule has 3 rings (SSSR count). The highest BCUT2D eigenvalue weighted by Crippen LogP contribution is 2.27. The Kier molecular flexibility index (Phi) is 5.37. The fraction of sp³-hybridized carbons (Fsp3) is 0.438. The van der Waals surface area contributed by atoms with Gasteiger partial charge < -0.3 is 13.6 Å². The van der Waals surface area contributed by atoms with Gasteiger partial charge in [-0.05, 0) is 43.9 Å². The van der Waals surface area contributed by atoms with Crippen LogP contribution in [0.3, 0.4) is 0 Å². The zero-order valence-electron chi connectivity index (χ0n) is 14.2. The minimum absolute atomic E-state index is 0.792. The minimum Gasteiger partial charge on any atom is -0.453 e. The number of aryl methyl sites for hydroxylation is 3. The van der Waals surface area contributed by atoms with Gasteiger partial charge in [0.2, 0.25) is 0 Å². The first-order valence-corrected chi connectivity index (χ1v) is 8.69. The van der Waals surface area contributed by atoms with E-state index < -0.39 is 0 Å². The first-order valence-electron chi connectivity index (χ1n) is 7.87. The molecule has 128 valence electrons. The molecule has 0 saturated heterocycles. The van der Waals surface area contributed by atoms with Crippen LogP contribution in [0.5, 0.6) is 0 Å². The summed E-state index contributed by atoms with van der Waals surface area (Å²) in [4.78, 5) is 6.62. The maximum absolute atomic E-state index is 5.88. The molecular formula is C16H22N6OS. The van der Waals surface area contributed by atoms with E-state index in [4.69, 9.17) is 4.42 Å². The van der Waals surface area contributed by atoms with Crippen LogP contribution in [0, 0.1) is 0 Å². The minimum atomic E-state index is 0.792. The summed E-state index contributed by atoms with van der Waals surface area (Å²) in [6, 6.07) is 4.00. The third-order valence-electron chi connectivity index (χ3n) is 3.79. The van der Waals surface area contributed by atoms with Crippen LogP contribution < -0.4 is 0 Å². The van der Waals surface area contributed by atoms with Crippen LogP contribution in [0.15, 0.2) is 45.5 Å². The fourth-order valence-electron chi connectivity index (χ4n) is 2.44. The Morgan fingerprint density at radius 3 is 2.83 bits per heavy atom. The molecule has 0 atom stereocenters. The first kappa shape index (κ1) is 16.8. The molecule has 0 bridgehead atoms. The normalized spacial score (nSPS) is 11.5. The molecule has 0 aromatic carbocycles. The summed E-state index contributed by atoms with van der Waals surface area (Å²) in [6.45, 7) is 1.79. The highest BCUT2D eigenvalue weighted by atomic mass is 32.2. The van der Waals surface area contributed by atoms with Crippen LogP contribution >= 0.6 is 11.8 Å². The predicted molar refractivity (Wildman–Crippen MR) is 91.7 cm³/mol. The van der Waals surface area contributed by atoms with Crippen LogP contribution in [-0.4, -0.2) is 42.8 Å². The fourth-order valence-corrected chi connectivity index (χ4v) is 3.19. The van der Waals surface area contributed by atoms with Crippen molar-refractivity contribution in [3.8, 4) is 0 Å². The van der Waals surface area contributed by atoms with Crippen LogP contribution in [0.25, 0.3) is 0 Å². The Balaban J connectivity index is 1.45. The van der Waals surface area contributed by atoms with Crippen LogP contribution in [0.4, 0.5) is 0 Å². The van der Waals surface area contributed by atoms with E-state index >= 15 is 0 Å². The summed E-state index contributed by atoms with van der Waals surface area (Å²) in [5, 5.41) is 9.57. The van der Waals surface area contributed by atoms with E-state index in [1.54, 1.807) is 6.33 Å². The molecule has 0 spiro atoms.